The van der Waals surface area contributed by atoms with Crippen LogP contribution in [0.15, 0.2) is 23.7 Å². The van der Waals surface area contributed by atoms with Crippen LogP contribution in [0.25, 0.3) is 0 Å². The van der Waals surface area contributed by atoms with Gasteiger partial charge < -0.3 is 10.2 Å². The van der Waals surface area contributed by atoms with Gasteiger partial charge in [0.2, 0.25) is 0 Å². The van der Waals surface area contributed by atoms with E-state index in [4.69, 9.17) is 0 Å². The van der Waals surface area contributed by atoms with E-state index in [2.05, 4.69) is 0 Å². The van der Waals surface area contributed by atoms with E-state index in [1.54, 1.807) is 0 Å². The second-order valence-electron chi connectivity index (χ2n) is 3.74. The van der Waals surface area contributed by atoms with Crippen molar-refractivity contribution in [2.75, 3.05) is 0 Å². The number of carbonyl (C=O) groups is 2. The van der Waals surface area contributed by atoms with Crippen molar-refractivity contribution in [2.24, 2.45) is 0 Å². The summed E-state index contributed by atoms with van der Waals surface area (Å²) in [6.45, 7) is 0. The molecule has 0 saturated heterocycles. The SMILES string of the molecule is O=C(/C=C(\[O-])C(F)(F)F)C(F)(F)F.O=C(/C=C(\[O-])C(F)(F)F)C(F)(F)F.[Mn]. The van der Waals surface area contributed by atoms with Crippen LogP contribution in [0.4, 0.5) is 52.7 Å². The van der Waals surface area contributed by atoms with E-state index < -0.39 is 59.9 Å². The third kappa shape index (κ3) is 13.0. The monoisotopic (exact) mass is 469 g/mol. The summed E-state index contributed by atoms with van der Waals surface area (Å²) < 4.78 is 136. The zero-order valence-electron chi connectivity index (χ0n) is 11.7. The van der Waals surface area contributed by atoms with E-state index >= 15 is 0 Å². The third-order valence-corrected chi connectivity index (χ3v) is 1.64. The van der Waals surface area contributed by atoms with Gasteiger partial charge in [-0.1, -0.05) is 0 Å². The maximum atomic E-state index is 11.3. The molecule has 0 aliphatic rings. The molecule has 0 bridgehead atoms. The van der Waals surface area contributed by atoms with Crippen LogP contribution < -0.4 is 10.2 Å². The maximum absolute atomic E-state index is 11.3. The largest absolute Gasteiger partial charge is 0.869 e. The minimum Gasteiger partial charge on any atom is -0.869 e. The molecule has 159 valence electrons. The summed E-state index contributed by atoms with van der Waals surface area (Å²) in [6, 6.07) is 0. The first-order valence-electron chi connectivity index (χ1n) is 5.24. The van der Waals surface area contributed by atoms with Crippen LogP contribution >= 0.6 is 0 Å². The standard InChI is InChI=1S/2C5H2F6O2.Mn/c2*6-4(7,8)2(12)1-3(13)5(9,10)11;/h2*1,12H;/p-2/b2*2-1-;. The quantitative estimate of drug-likeness (QED) is 0.268. The molecule has 0 N–H and O–H groups in total. The molecule has 0 aliphatic carbocycles. The summed E-state index contributed by atoms with van der Waals surface area (Å²) in [5, 5.41) is 19.6. The Labute approximate surface area is 150 Å². The zero-order valence-corrected chi connectivity index (χ0v) is 12.9. The van der Waals surface area contributed by atoms with Crippen LogP contribution in [-0.4, -0.2) is 36.3 Å². The Balaban J connectivity index is -0.000000411. The molecule has 0 amide bonds. The van der Waals surface area contributed by atoms with Crippen LogP contribution in [0, 0.1) is 0 Å². The van der Waals surface area contributed by atoms with Crippen molar-refractivity contribution in [1.29, 1.82) is 0 Å². The second-order valence-corrected chi connectivity index (χ2v) is 3.74. The number of rotatable bonds is 2. The van der Waals surface area contributed by atoms with Gasteiger partial charge in [-0.25, -0.2) is 0 Å². The number of alkyl halides is 12. The molecule has 0 aliphatic heterocycles. The van der Waals surface area contributed by atoms with Crippen molar-refractivity contribution >= 4 is 11.6 Å². The van der Waals surface area contributed by atoms with Crippen molar-refractivity contribution in [3.63, 3.8) is 0 Å². The molecule has 0 aromatic carbocycles. The maximum Gasteiger partial charge on any atom is 0.454 e. The van der Waals surface area contributed by atoms with Crippen molar-refractivity contribution in [2.45, 2.75) is 24.7 Å². The molecule has 1 radical (unpaired) electrons. The van der Waals surface area contributed by atoms with Gasteiger partial charge in [0.05, 0.1) is 0 Å². The predicted octanol–water partition coefficient (Wildman–Crippen LogP) is 1.85. The van der Waals surface area contributed by atoms with Crippen LogP contribution in [0.2, 0.25) is 0 Å². The molecule has 0 rings (SSSR count). The Bertz CT molecular complexity index is 527. The summed E-state index contributed by atoms with van der Waals surface area (Å²) in [7, 11) is 0. The Morgan fingerprint density at radius 2 is 0.704 bits per heavy atom. The molecule has 0 unspecified atom stereocenters. The van der Waals surface area contributed by atoms with Gasteiger partial charge in [-0.05, 0) is 23.7 Å². The molecule has 17 heteroatoms. The second kappa shape index (κ2) is 9.87. The molecule has 0 fully saturated rings. The summed E-state index contributed by atoms with van der Waals surface area (Å²) in [6.07, 6.45) is -23.9. The summed E-state index contributed by atoms with van der Waals surface area (Å²) in [5.74, 6) is -11.3. The normalized spacial score (nSPS) is 13.9. The van der Waals surface area contributed by atoms with E-state index in [-0.39, 0.29) is 17.1 Å². The molecule has 0 aromatic rings. The minimum absolute atomic E-state index is 0. The average molecular weight is 469 g/mol. The Morgan fingerprint density at radius 1 is 0.519 bits per heavy atom. The number of carbonyl (C=O) groups excluding carboxylic acids is 2. The molecule has 0 atom stereocenters. The molecular formula is C10H2F12MnO4-2. The number of allylic oxidation sites excluding steroid dienone is 4. The molecule has 0 spiro atoms. The number of hydrogen-bond acceptors (Lipinski definition) is 4. The fraction of sp³-hybridized carbons (Fsp3) is 0.400. The number of ketones is 2. The first-order chi connectivity index (χ1) is 11.1. The van der Waals surface area contributed by atoms with Gasteiger partial charge in [0.1, 0.15) is 0 Å². The Kier molecular flexibility index (Phi) is 10.9. The van der Waals surface area contributed by atoms with Gasteiger partial charge in [0, 0.05) is 17.1 Å². The van der Waals surface area contributed by atoms with Crippen molar-refractivity contribution < 1.29 is 89.6 Å². The van der Waals surface area contributed by atoms with E-state index in [1.807, 2.05) is 0 Å². The van der Waals surface area contributed by atoms with Gasteiger partial charge in [0.25, 0.3) is 11.6 Å². The Hall–Kier alpha value is -1.90. The van der Waals surface area contributed by atoms with Gasteiger partial charge in [-0.3, -0.25) is 9.59 Å². The third-order valence-electron chi connectivity index (χ3n) is 1.64. The van der Waals surface area contributed by atoms with Gasteiger partial charge in [-0.15, -0.1) is 0 Å². The minimum atomic E-state index is -5.46. The van der Waals surface area contributed by atoms with Gasteiger partial charge in [-0.2, -0.15) is 52.7 Å². The molecule has 0 heterocycles. The van der Waals surface area contributed by atoms with Crippen LogP contribution in [0.5, 0.6) is 0 Å². The molecule has 4 nitrogen and oxygen atoms in total. The fourth-order valence-electron chi connectivity index (χ4n) is 0.565. The molecular weight excluding hydrogens is 467 g/mol. The first kappa shape index (κ1) is 29.8. The number of hydrogen-bond donors (Lipinski definition) is 0. The summed E-state index contributed by atoms with van der Waals surface area (Å²) in [5.41, 5.74) is 0. The summed E-state index contributed by atoms with van der Waals surface area (Å²) in [4.78, 5) is 19.6. The zero-order chi connectivity index (χ0) is 21.7. The van der Waals surface area contributed by atoms with Crippen LogP contribution in [-0.2, 0) is 26.7 Å². The van der Waals surface area contributed by atoms with Crippen LogP contribution in [0.1, 0.15) is 0 Å². The van der Waals surface area contributed by atoms with E-state index in [9.17, 15) is 72.5 Å². The average Bonchev–Trinajstić information content (AvgIpc) is 2.34. The van der Waals surface area contributed by atoms with Crippen molar-refractivity contribution in [3.05, 3.63) is 23.7 Å². The van der Waals surface area contributed by atoms with Gasteiger partial charge >= 0.3 is 24.7 Å². The predicted molar refractivity (Wildman–Crippen MR) is 50.4 cm³/mol. The first-order valence-corrected chi connectivity index (χ1v) is 5.24. The van der Waals surface area contributed by atoms with Crippen molar-refractivity contribution in [3.8, 4) is 0 Å². The smallest absolute Gasteiger partial charge is 0.454 e. The fourth-order valence-corrected chi connectivity index (χ4v) is 0.565. The number of halogens is 12. The Morgan fingerprint density at radius 3 is 0.815 bits per heavy atom. The molecule has 27 heavy (non-hydrogen) atoms. The van der Waals surface area contributed by atoms with E-state index in [1.165, 1.54) is 0 Å². The van der Waals surface area contributed by atoms with Crippen LogP contribution in [0.3, 0.4) is 0 Å². The van der Waals surface area contributed by atoms with E-state index in [0.717, 1.165) is 0 Å². The topological polar surface area (TPSA) is 80.3 Å². The summed E-state index contributed by atoms with van der Waals surface area (Å²) >= 11 is 0. The van der Waals surface area contributed by atoms with Crippen molar-refractivity contribution in [1.82, 2.24) is 0 Å². The molecule has 0 saturated carbocycles. The molecule has 0 aromatic heterocycles. The van der Waals surface area contributed by atoms with Gasteiger partial charge in [0.15, 0.2) is 0 Å². The van der Waals surface area contributed by atoms with E-state index in [0.29, 0.717) is 0 Å².